The average Bonchev–Trinajstić information content (AvgIpc) is 3.18. The van der Waals surface area contributed by atoms with Gasteiger partial charge in [0.25, 0.3) is 0 Å². The summed E-state index contributed by atoms with van der Waals surface area (Å²) in [6.07, 6.45) is -3.78. The number of aromatic nitrogens is 2. The number of benzene rings is 2. The quantitative estimate of drug-likeness (QED) is 0.652. The molecule has 0 bridgehead atoms. The number of anilines is 2. The molecule has 29 heavy (non-hydrogen) atoms. The van der Waals surface area contributed by atoms with Crippen molar-refractivity contribution in [3.63, 3.8) is 0 Å². The summed E-state index contributed by atoms with van der Waals surface area (Å²) in [5, 5.41) is 2.69. The van der Waals surface area contributed by atoms with E-state index in [4.69, 9.17) is 0 Å². The zero-order valence-electron chi connectivity index (χ0n) is 15.6. The van der Waals surface area contributed by atoms with E-state index in [1.165, 1.54) is 0 Å². The summed E-state index contributed by atoms with van der Waals surface area (Å²) in [5.74, 6) is 4.78. The molecule has 3 rings (SSSR count). The van der Waals surface area contributed by atoms with Crippen LogP contribution in [-0.2, 0) is 11.0 Å². The van der Waals surface area contributed by atoms with Crippen molar-refractivity contribution in [3.05, 3.63) is 66.0 Å². The van der Waals surface area contributed by atoms with Crippen LogP contribution in [0, 0.1) is 11.8 Å². The van der Waals surface area contributed by atoms with Gasteiger partial charge in [0.15, 0.2) is 0 Å². The summed E-state index contributed by atoms with van der Waals surface area (Å²) >= 11 is 0. The lowest BCUT2D eigenvalue weighted by Gasteiger charge is -2.18. The fourth-order valence-corrected chi connectivity index (χ4v) is 2.59. The smallest absolute Gasteiger partial charge is 0.376 e. The Labute approximate surface area is 165 Å². The van der Waals surface area contributed by atoms with Gasteiger partial charge >= 0.3 is 12.1 Å². The van der Waals surface area contributed by atoms with E-state index in [2.05, 4.69) is 27.1 Å². The first kappa shape index (κ1) is 20.0. The third-order valence-corrected chi connectivity index (χ3v) is 3.98. The van der Waals surface area contributed by atoms with Crippen molar-refractivity contribution in [1.29, 1.82) is 0 Å². The van der Waals surface area contributed by atoms with E-state index in [-0.39, 0.29) is 5.82 Å². The molecule has 0 aliphatic rings. The zero-order valence-corrected chi connectivity index (χ0v) is 15.6. The van der Waals surface area contributed by atoms with Gasteiger partial charge in [-0.2, -0.15) is 13.2 Å². The fraction of sp³-hybridized carbons (Fsp3) is 0.143. The van der Waals surface area contributed by atoms with E-state index in [0.717, 1.165) is 6.20 Å². The van der Waals surface area contributed by atoms with E-state index in [9.17, 15) is 18.0 Å². The van der Waals surface area contributed by atoms with Crippen molar-refractivity contribution in [2.24, 2.45) is 0 Å². The second-order valence-electron chi connectivity index (χ2n) is 6.34. The van der Waals surface area contributed by atoms with Crippen molar-refractivity contribution >= 4 is 17.3 Å². The van der Waals surface area contributed by atoms with Crippen LogP contribution in [0.2, 0.25) is 0 Å². The van der Waals surface area contributed by atoms with Crippen LogP contribution >= 0.6 is 0 Å². The summed E-state index contributed by atoms with van der Waals surface area (Å²) in [5.41, 5.74) is 1.23. The van der Waals surface area contributed by atoms with Gasteiger partial charge in [-0.05, 0) is 30.3 Å². The Kier molecular flexibility index (Phi) is 5.59. The molecule has 0 atom stereocenters. The third kappa shape index (κ3) is 4.96. The first-order chi connectivity index (χ1) is 13.7. The highest BCUT2D eigenvalue weighted by molar-refractivity contribution is 6.06. The van der Waals surface area contributed by atoms with Gasteiger partial charge in [0, 0.05) is 31.1 Å². The highest BCUT2D eigenvalue weighted by Gasteiger charge is 2.33. The molecular formula is C21H17F3N4O. The van der Waals surface area contributed by atoms with Gasteiger partial charge in [-0.15, -0.1) is 0 Å². The molecule has 1 amide bonds. The van der Waals surface area contributed by atoms with Crippen LogP contribution in [0.25, 0.3) is 11.4 Å². The maximum atomic E-state index is 12.8. The number of hydrogen-bond donors (Lipinski definition) is 2. The Morgan fingerprint density at radius 2 is 1.86 bits per heavy atom. The summed E-state index contributed by atoms with van der Waals surface area (Å²) in [7, 11) is 3.57. The van der Waals surface area contributed by atoms with Crippen molar-refractivity contribution in [2.75, 3.05) is 24.3 Å². The molecular weight excluding hydrogens is 381 g/mol. The molecule has 0 saturated carbocycles. The Morgan fingerprint density at radius 1 is 1.14 bits per heavy atom. The number of halogens is 3. The van der Waals surface area contributed by atoms with Crippen LogP contribution < -0.4 is 10.2 Å². The lowest BCUT2D eigenvalue weighted by molar-refractivity contribution is -0.140. The molecule has 1 aromatic heterocycles. The van der Waals surface area contributed by atoms with Gasteiger partial charge < -0.3 is 15.2 Å². The Hall–Kier alpha value is -3.73. The minimum Gasteiger partial charge on any atom is -0.376 e. The van der Waals surface area contributed by atoms with Crippen molar-refractivity contribution < 1.29 is 18.0 Å². The number of hydrogen-bond acceptors (Lipinski definition) is 3. The van der Waals surface area contributed by atoms with Crippen LogP contribution in [0.3, 0.4) is 0 Å². The third-order valence-electron chi connectivity index (χ3n) is 3.98. The van der Waals surface area contributed by atoms with Gasteiger partial charge in [0.1, 0.15) is 11.5 Å². The predicted molar refractivity (Wildman–Crippen MR) is 105 cm³/mol. The molecule has 0 fully saturated rings. The van der Waals surface area contributed by atoms with Crippen LogP contribution in [0.15, 0.2) is 54.7 Å². The Bertz CT molecular complexity index is 1080. The number of nitrogens with zero attached hydrogens (tertiary/aromatic N) is 2. The minimum absolute atomic E-state index is 0.0495. The molecule has 0 spiro atoms. The number of nitrogens with one attached hydrogen (secondary N) is 2. The van der Waals surface area contributed by atoms with Crippen molar-refractivity contribution in [2.45, 2.75) is 6.18 Å². The highest BCUT2D eigenvalue weighted by atomic mass is 19.4. The number of aromatic amines is 1. The van der Waals surface area contributed by atoms with E-state index in [1.54, 1.807) is 49.3 Å². The lowest BCUT2D eigenvalue weighted by atomic mass is 10.1. The minimum atomic E-state index is -4.51. The van der Waals surface area contributed by atoms with E-state index < -0.39 is 17.8 Å². The molecule has 8 heteroatoms. The van der Waals surface area contributed by atoms with Gasteiger partial charge in [-0.1, -0.05) is 24.1 Å². The molecule has 148 valence electrons. The molecule has 0 radical (unpaired) electrons. The summed E-state index contributed by atoms with van der Waals surface area (Å²) in [6, 6.07) is 13.9. The lowest BCUT2D eigenvalue weighted by Crippen LogP contribution is -2.15. The van der Waals surface area contributed by atoms with E-state index in [0.29, 0.717) is 22.5 Å². The molecule has 2 aromatic carbocycles. The number of imidazole rings is 1. The first-order valence-corrected chi connectivity index (χ1v) is 8.56. The van der Waals surface area contributed by atoms with Gasteiger partial charge in [-0.25, -0.2) is 4.98 Å². The SMILES string of the molecule is CN(C)c1ccc(-c2ncc(C(F)(F)F)[nH]2)cc1NC(=O)C#Cc1ccccc1. The van der Waals surface area contributed by atoms with E-state index in [1.807, 2.05) is 18.2 Å². The molecule has 0 aliphatic carbocycles. The van der Waals surface area contributed by atoms with Crippen molar-refractivity contribution in [1.82, 2.24) is 9.97 Å². The topological polar surface area (TPSA) is 61.0 Å². The summed E-state index contributed by atoms with van der Waals surface area (Å²) in [6.45, 7) is 0. The Balaban J connectivity index is 1.89. The number of amides is 1. The van der Waals surface area contributed by atoms with Gasteiger partial charge in [0.2, 0.25) is 0 Å². The second-order valence-corrected chi connectivity index (χ2v) is 6.34. The fourth-order valence-electron chi connectivity index (χ4n) is 2.59. The second kappa shape index (κ2) is 8.10. The Morgan fingerprint density at radius 3 is 2.48 bits per heavy atom. The van der Waals surface area contributed by atoms with Gasteiger partial charge in [-0.3, -0.25) is 4.79 Å². The largest absolute Gasteiger partial charge is 0.432 e. The maximum Gasteiger partial charge on any atom is 0.432 e. The summed E-state index contributed by atoms with van der Waals surface area (Å²) < 4.78 is 38.4. The van der Waals surface area contributed by atoms with Crippen LogP contribution in [-0.4, -0.2) is 30.0 Å². The number of alkyl halides is 3. The summed E-state index contributed by atoms with van der Waals surface area (Å²) in [4.78, 5) is 20.1. The molecule has 1 heterocycles. The number of carbonyl (C=O) groups is 1. The van der Waals surface area contributed by atoms with Gasteiger partial charge in [0.05, 0.1) is 17.6 Å². The highest BCUT2D eigenvalue weighted by Crippen LogP contribution is 2.32. The molecule has 3 aromatic rings. The van der Waals surface area contributed by atoms with Crippen LogP contribution in [0.1, 0.15) is 11.3 Å². The molecule has 0 saturated heterocycles. The molecule has 5 nitrogen and oxygen atoms in total. The van der Waals surface area contributed by atoms with Crippen LogP contribution in [0.5, 0.6) is 0 Å². The molecule has 2 N–H and O–H groups in total. The zero-order chi connectivity index (χ0) is 21.0. The maximum absolute atomic E-state index is 12.8. The van der Waals surface area contributed by atoms with Crippen LogP contribution in [0.4, 0.5) is 24.5 Å². The average molecular weight is 398 g/mol. The monoisotopic (exact) mass is 398 g/mol. The normalized spacial score (nSPS) is 10.8. The predicted octanol–water partition coefficient (Wildman–Crippen LogP) is 4.15. The number of H-pyrrole nitrogens is 1. The number of carbonyl (C=O) groups excluding carboxylic acids is 1. The molecule has 0 unspecified atom stereocenters. The van der Waals surface area contributed by atoms with Crippen molar-refractivity contribution in [3.8, 4) is 23.2 Å². The number of rotatable bonds is 3. The van der Waals surface area contributed by atoms with E-state index >= 15 is 0 Å². The first-order valence-electron chi connectivity index (χ1n) is 8.56. The standard InChI is InChI=1S/C21H17F3N4O/c1-28(2)17-10-9-15(20-25-13-18(27-20)21(22,23)24)12-16(17)26-19(29)11-8-14-6-4-3-5-7-14/h3-7,9-10,12-13H,1-2H3,(H,25,27)(H,26,29). The molecule has 0 aliphatic heterocycles.